The molecule has 0 unspecified atom stereocenters. The minimum absolute atomic E-state index is 0.0459. The Morgan fingerprint density at radius 2 is 1.74 bits per heavy atom. The molecule has 0 bridgehead atoms. The SMILES string of the molecule is C[C@H](CCC(N)=O)[C@H]1CC[C@H]2[C@@H]3CC[C@@H]4C[C@H](O)CC[C@]4(C)[C@H]3CC[C@]12C. The zero-order valence-corrected chi connectivity index (χ0v) is 17.8. The largest absolute Gasteiger partial charge is 0.393 e. The summed E-state index contributed by atoms with van der Waals surface area (Å²) in [7, 11) is 0. The first-order chi connectivity index (χ1) is 12.8. The highest BCUT2D eigenvalue weighted by Crippen LogP contribution is 2.68. The van der Waals surface area contributed by atoms with E-state index in [0.717, 1.165) is 48.9 Å². The number of hydrogen-bond donors (Lipinski definition) is 2. The van der Waals surface area contributed by atoms with E-state index >= 15 is 0 Å². The molecule has 3 N–H and O–H groups in total. The van der Waals surface area contributed by atoms with Crippen molar-refractivity contribution in [3.05, 3.63) is 0 Å². The van der Waals surface area contributed by atoms with Crippen LogP contribution in [0.5, 0.6) is 0 Å². The second kappa shape index (κ2) is 7.04. The summed E-state index contributed by atoms with van der Waals surface area (Å²) in [5, 5.41) is 10.2. The third kappa shape index (κ3) is 3.16. The monoisotopic (exact) mass is 375 g/mol. The van der Waals surface area contributed by atoms with Gasteiger partial charge in [0.2, 0.25) is 5.91 Å². The van der Waals surface area contributed by atoms with E-state index in [1.807, 2.05) is 0 Å². The number of hydrogen-bond acceptors (Lipinski definition) is 2. The third-order valence-corrected chi connectivity index (χ3v) is 10.2. The minimum atomic E-state index is -0.143. The van der Waals surface area contributed by atoms with Crippen LogP contribution in [0.15, 0.2) is 0 Å². The Kier molecular flexibility index (Phi) is 5.15. The zero-order chi connectivity index (χ0) is 19.4. The molecule has 3 heteroatoms. The molecule has 4 aliphatic carbocycles. The van der Waals surface area contributed by atoms with Crippen LogP contribution in [-0.4, -0.2) is 17.1 Å². The Morgan fingerprint density at radius 1 is 1.04 bits per heavy atom. The third-order valence-electron chi connectivity index (χ3n) is 10.2. The van der Waals surface area contributed by atoms with Gasteiger partial charge in [-0.25, -0.2) is 0 Å². The van der Waals surface area contributed by atoms with Crippen molar-refractivity contribution in [2.75, 3.05) is 0 Å². The Balaban J connectivity index is 1.51. The first-order valence-electron chi connectivity index (χ1n) is 11.7. The Labute approximate surface area is 165 Å². The molecule has 0 spiro atoms. The molecule has 3 nitrogen and oxygen atoms in total. The Hall–Kier alpha value is -0.570. The molecule has 4 aliphatic rings. The highest BCUT2D eigenvalue weighted by atomic mass is 16.3. The normalized spacial score (nSPS) is 50.4. The number of primary amides is 1. The van der Waals surface area contributed by atoms with Crippen molar-refractivity contribution in [3.63, 3.8) is 0 Å². The van der Waals surface area contributed by atoms with E-state index in [2.05, 4.69) is 20.8 Å². The molecule has 9 atom stereocenters. The van der Waals surface area contributed by atoms with E-state index in [9.17, 15) is 9.90 Å². The molecule has 1 amide bonds. The van der Waals surface area contributed by atoms with Crippen LogP contribution in [0, 0.1) is 46.3 Å². The molecule has 0 aromatic carbocycles. The van der Waals surface area contributed by atoms with Crippen LogP contribution in [0.1, 0.15) is 91.4 Å². The number of carbonyl (C=O) groups is 1. The molecule has 27 heavy (non-hydrogen) atoms. The lowest BCUT2D eigenvalue weighted by Crippen LogP contribution is -2.54. The summed E-state index contributed by atoms with van der Waals surface area (Å²) in [6.07, 6.45) is 13.0. The maximum atomic E-state index is 11.3. The van der Waals surface area contributed by atoms with Gasteiger partial charge >= 0.3 is 0 Å². The molecular formula is C24H41NO2. The highest BCUT2D eigenvalue weighted by molar-refractivity contribution is 5.73. The van der Waals surface area contributed by atoms with Gasteiger partial charge in [-0.3, -0.25) is 4.79 Å². The molecule has 4 rings (SSSR count). The Bertz CT molecular complexity index is 577. The summed E-state index contributed by atoms with van der Waals surface area (Å²) in [6, 6.07) is 0. The van der Waals surface area contributed by atoms with Gasteiger partial charge in [0.15, 0.2) is 0 Å². The topological polar surface area (TPSA) is 63.3 Å². The van der Waals surface area contributed by atoms with Crippen molar-refractivity contribution in [2.24, 2.45) is 52.1 Å². The zero-order valence-electron chi connectivity index (χ0n) is 17.8. The van der Waals surface area contributed by atoms with Crippen molar-refractivity contribution in [2.45, 2.75) is 97.5 Å². The molecule has 4 fully saturated rings. The molecule has 0 aliphatic heterocycles. The van der Waals surface area contributed by atoms with E-state index in [1.165, 1.54) is 44.9 Å². The first kappa shape index (κ1) is 19.7. The molecule has 0 saturated heterocycles. The van der Waals surface area contributed by atoms with Crippen molar-refractivity contribution in [3.8, 4) is 0 Å². The number of aliphatic hydroxyl groups is 1. The van der Waals surface area contributed by atoms with Gasteiger partial charge in [0.25, 0.3) is 0 Å². The summed E-state index contributed by atoms with van der Waals surface area (Å²) in [4.78, 5) is 11.3. The molecule has 0 aromatic rings. The van der Waals surface area contributed by atoms with Crippen molar-refractivity contribution >= 4 is 5.91 Å². The van der Waals surface area contributed by atoms with Gasteiger partial charge in [-0.1, -0.05) is 20.8 Å². The molecule has 154 valence electrons. The fraction of sp³-hybridized carbons (Fsp3) is 0.958. The number of nitrogens with two attached hydrogens (primary N) is 1. The highest BCUT2D eigenvalue weighted by Gasteiger charge is 2.60. The number of carbonyl (C=O) groups excluding carboxylic acids is 1. The van der Waals surface area contributed by atoms with Gasteiger partial charge in [-0.05, 0) is 111 Å². The van der Waals surface area contributed by atoms with Gasteiger partial charge < -0.3 is 10.8 Å². The van der Waals surface area contributed by atoms with Crippen molar-refractivity contribution in [1.29, 1.82) is 0 Å². The lowest BCUT2D eigenvalue weighted by molar-refractivity contribution is -0.129. The van der Waals surface area contributed by atoms with Gasteiger partial charge in [0.1, 0.15) is 0 Å². The Morgan fingerprint density at radius 3 is 2.48 bits per heavy atom. The standard InChI is InChI=1S/C24H41NO2/c1-15(4-9-22(25)27)19-7-8-20-18-6-5-16-14-17(26)10-12-23(16,2)21(18)11-13-24(19,20)3/h15-21,26H,4-14H2,1-3H3,(H2,25,27)/t15-,16-,17-,18+,19-,20+,21+,23+,24-/m1/s1. The van der Waals surface area contributed by atoms with Crippen molar-refractivity contribution < 1.29 is 9.90 Å². The minimum Gasteiger partial charge on any atom is -0.393 e. The number of rotatable bonds is 4. The van der Waals surface area contributed by atoms with E-state index in [1.54, 1.807) is 0 Å². The fourth-order valence-electron chi connectivity index (χ4n) is 8.78. The van der Waals surface area contributed by atoms with E-state index in [0.29, 0.717) is 23.2 Å². The van der Waals surface area contributed by atoms with E-state index in [-0.39, 0.29) is 12.0 Å². The van der Waals surface area contributed by atoms with Crippen LogP contribution in [0.4, 0.5) is 0 Å². The van der Waals surface area contributed by atoms with Crippen LogP contribution in [0.25, 0.3) is 0 Å². The predicted octanol–water partition coefficient (Wildman–Crippen LogP) is 4.91. The predicted molar refractivity (Wildman–Crippen MR) is 109 cm³/mol. The second-order valence-corrected chi connectivity index (χ2v) is 11.3. The first-order valence-corrected chi connectivity index (χ1v) is 11.7. The van der Waals surface area contributed by atoms with Crippen LogP contribution in [0.3, 0.4) is 0 Å². The van der Waals surface area contributed by atoms with Crippen LogP contribution < -0.4 is 5.73 Å². The summed E-state index contributed by atoms with van der Waals surface area (Å²) < 4.78 is 0. The average molecular weight is 376 g/mol. The van der Waals surface area contributed by atoms with Gasteiger partial charge in [-0.2, -0.15) is 0 Å². The molecule has 4 saturated carbocycles. The quantitative estimate of drug-likeness (QED) is 0.733. The lowest BCUT2D eigenvalue weighted by Gasteiger charge is -2.61. The van der Waals surface area contributed by atoms with Gasteiger partial charge in [-0.15, -0.1) is 0 Å². The summed E-state index contributed by atoms with van der Waals surface area (Å²) in [5.41, 5.74) is 6.36. The molecule has 0 radical (unpaired) electrons. The second-order valence-electron chi connectivity index (χ2n) is 11.3. The van der Waals surface area contributed by atoms with Crippen molar-refractivity contribution in [1.82, 2.24) is 0 Å². The molecule has 0 aromatic heterocycles. The van der Waals surface area contributed by atoms with E-state index < -0.39 is 0 Å². The average Bonchev–Trinajstić information content (AvgIpc) is 2.97. The van der Waals surface area contributed by atoms with Crippen LogP contribution in [0.2, 0.25) is 0 Å². The maximum absolute atomic E-state index is 11.3. The number of amides is 1. The van der Waals surface area contributed by atoms with Crippen LogP contribution in [-0.2, 0) is 4.79 Å². The fourth-order valence-corrected chi connectivity index (χ4v) is 8.78. The molecular weight excluding hydrogens is 334 g/mol. The van der Waals surface area contributed by atoms with Gasteiger partial charge in [0.05, 0.1) is 6.10 Å². The van der Waals surface area contributed by atoms with E-state index in [4.69, 9.17) is 5.73 Å². The number of aliphatic hydroxyl groups excluding tert-OH is 1. The lowest BCUT2D eigenvalue weighted by atomic mass is 9.44. The summed E-state index contributed by atoms with van der Waals surface area (Å²) in [6.45, 7) is 7.53. The van der Waals surface area contributed by atoms with Crippen LogP contribution >= 0.6 is 0 Å². The van der Waals surface area contributed by atoms with Gasteiger partial charge in [0, 0.05) is 6.42 Å². The smallest absolute Gasteiger partial charge is 0.217 e. The number of fused-ring (bicyclic) bond motifs is 5. The maximum Gasteiger partial charge on any atom is 0.217 e. The molecule has 0 heterocycles. The summed E-state index contributed by atoms with van der Waals surface area (Å²) in [5.74, 6) is 4.63. The summed E-state index contributed by atoms with van der Waals surface area (Å²) >= 11 is 0.